The molecule has 1 unspecified atom stereocenters. The van der Waals surface area contributed by atoms with Crippen LogP contribution in [0.3, 0.4) is 0 Å². The Balaban J connectivity index is 2.33. The Morgan fingerprint density at radius 2 is 2.10 bits per heavy atom. The Hall–Kier alpha value is -1.68. The molecule has 0 saturated heterocycles. The van der Waals surface area contributed by atoms with Crippen LogP contribution in [-0.2, 0) is 6.54 Å². The molecule has 0 aliphatic rings. The van der Waals surface area contributed by atoms with E-state index in [-0.39, 0.29) is 6.04 Å². The Bertz CT molecular complexity index is 533. The summed E-state index contributed by atoms with van der Waals surface area (Å²) in [6.07, 6.45) is 7.92. The highest BCUT2D eigenvalue weighted by atomic mass is 15.3. The summed E-state index contributed by atoms with van der Waals surface area (Å²) in [5, 5.41) is 8.05. The van der Waals surface area contributed by atoms with Gasteiger partial charge in [0.15, 0.2) is 0 Å². The predicted molar refractivity (Wildman–Crippen MR) is 81.6 cm³/mol. The molecular weight excluding hydrogens is 248 g/mol. The van der Waals surface area contributed by atoms with E-state index in [0.29, 0.717) is 0 Å². The predicted octanol–water partition coefficient (Wildman–Crippen LogP) is 3.09. The minimum atomic E-state index is 0.163. The van der Waals surface area contributed by atoms with Gasteiger partial charge in [-0.15, -0.1) is 0 Å². The molecule has 0 amide bonds. The lowest BCUT2D eigenvalue weighted by molar-refractivity contribution is 0.511. The molecule has 0 aromatic carbocycles. The second-order valence-electron chi connectivity index (χ2n) is 5.16. The van der Waals surface area contributed by atoms with Crippen LogP contribution in [-0.4, -0.2) is 21.3 Å². The molecule has 20 heavy (non-hydrogen) atoms. The van der Waals surface area contributed by atoms with Gasteiger partial charge in [0, 0.05) is 25.1 Å². The maximum absolute atomic E-state index is 4.44. The average Bonchev–Trinajstić information content (AvgIpc) is 2.88. The normalized spacial score (nSPS) is 12.6. The molecule has 2 aromatic rings. The third-order valence-corrected chi connectivity index (χ3v) is 3.31. The van der Waals surface area contributed by atoms with Crippen LogP contribution >= 0.6 is 0 Å². The van der Waals surface area contributed by atoms with Crippen molar-refractivity contribution in [3.63, 3.8) is 0 Å². The number of aromatic nitrogens is 3. The molecule has 0 saturated carbocycles. The van der Waals surface area contributed by atoms with Gasteiger partial charge in [0.05, 0.1) is 11.7 Å². The topological polar surface area (TPSA) is 42.7 Å². The second kappa shape index (κ2) is 7.20. The first-order valence-corrected chi connectivity index (χ1v) is 7.42. The summed E-state index contributed by atoms with van der Waals surface area (Å²) in [7, 11) is 0. The van der Waals surface area contributed by atoms with E-state index in [2.05, 4.69) is 53.0 Å². The third-order valence-electron chi connectivity index (χ3n) is 3.31. The summed E-state index contributed by atoms with van der Waals surface area (Å²) in [6.45, 7) is 8.37. The lowest BCUT2D eigenvalue weighted by Crippen LogP contribution is -2.26. The van der Waals surface area contributed by atoms with Crippen LogP contribution in [0.5, 0.6) is 0 Å². The van der Waals surface area contributed by atoms with Crippen molar-refractivity contribution in [2.75, 3.05) is 6.54 Å². The fourth-order valence-electron chi connectivity index (χ4n) is 2.40. The van der Waals surface area contributed by atoms with Crippen molar-refractivity contribution in [3.05, 3.63) is 47.5 Å². The van der Waals surface area contributed by atoms with E-state index in [1.807, 2.05) is 18.6 Å². The molecule has 1 N–H and O–H groups in total. The summed E-state index contributed by atoms with van der Waals surface area (Å²) in [6, 6.07) is 4.46. The van der Waals surface area contributed by atoms with Gasteiger partial charge in [-0.25, -0.2) is 0 Å². The number of rotatable bonds is 7. The van der Waals surface area contributed by atoms with E-state index in [4.69, 9.17) is 0 Å². The highest BCUT2D eigenvalue weighted by molar-refractivity contribution is 5.28. The van der Waals surface area contributed by atoms with Gasteiger partial charge in [0.2, 0.25) is 0 Å². The van der Waals surface area contributed by atoms with E-state index in [9.17, 15) is 0 Å². The Morgan fingerprint density at radius 3 is 2.80 bits per heavy atom. The molecule has 2 heterocycles. The van der Waals surface area contributed by atoms with Crippen molar-refractivity contribution < 1.29 is 0 Å². The third kappa shape index (κ3) is 3.45. The number of hydrogen-bond donors (Lipinski definition) is 1. The van der Waals surface area contributed by atoms with Gasteiger partial charge in [-0.05, 0) is 43.5 Å². The summed E-state index contributed by atoms with van der Waals surface area (Å²) in [4.78, 5) is 4.33. The number of aryl methyl sites for hydroxylation is 2. The van der Waals surface area contributed by atoms with Crippen molar-refractivity contribution >= 4 is 0 Å². The van der Waals surface area contributed by atoms with Crippen molar-refractivity contribution in [2.45, 2.75) is 46.2 Å². The molecule has 0 aliphatic heterocycles. The maximum atomic E-state index is 4.44. The zero-order valence-electron chi connectivity index (χ0n) is 12.6. The highest BCUT2D eigenvalue weighted by Gasteiger charge is 2.17. The molecular formula is C16H24N4. The van der Waals surface area contributed by atoms with Gasteiger partial charge in [0.25, 0.3) is 0 Å². The fourth-order valence-corrected chi connectivity index (χ4v) is 2.40. The van der Waals surface area contributed by atoms with Crippen LogP contribution in [0.2, 0.25) is 0 Å². The fraction of sp³-hybridized carbons (Fsp3) is 0.500. The number of pyridine rings is 1. The molecule has 0 fully saturated rings. The Morgan fingerprint density at radius 1 is 1.25 bits per heavy atom. The highest BCUT2D eigenvalue weighted by Crippen LogP contribution is 2.22. The van der Waals surface area contributed by atoms with E-state index in [0.717, 1.165) is 25.9 Å². The quantitative estimate of drug-likeness (QED) is 0.842. The molecule has 2 aromatic heterocycles. The minimum absolute atomic E-state index is 0.163. The standard InChI is InChI=1S/C16H24N4/c1-4-7-18-16(14-10-13(3)11-17-12-14)15-6-8-19-20(15)9-5-2/h6,8,10-12,16,18H,4-5,7,9H2,1-3H3. The molecule has 0 spiro atoms. The largest absolute Gasteiger partial charge is 0.305 e. The van der Waals surface area contributed by atoms with E-state index in [1.165, 1.54) is 16.8 Å². The molecule has 4 heteroatoms. The van der Waals surface area contributed by atoms with Gasteiger partial charge in [-0.1, -0.05) is 19.9 Å². The zero-order valence-corrected chi connectivity index (χ0v) is 12.6. The number of nitrogens with zero attached hydrogens (tertiary/aromatic N) is 3. The Labute approximate surface area is 121 Å². The van der Waals surface area contributed by atoms with Crippen LogP contribution in [0.1, 0.15) is 49.6 Å². The summed E-state index contributed by atoms with van der Waals surface area (Å²) in [5.74, 6) is 0. The van der Waals surface area contributed by atoms with Gasteiger partial charge in [-0.3, -0.25) is 9.67 Å². The van der Waals surface area contributed by atoms with Gasteiger partial charge in [-0.2, -0.15) is 5.10 Å². The first-order chi connectivity index (χ1) is 9.76. The SMILES string of the molecule is CCCNC(c1cncc(C)c1)c1ccnn1CCC. The molecule has 0 aliphatic carbocycles. The van der Waals surface area contributed by atoms with Crippen LogP contribution in [0.15, 0.2) is 30.7 Å². The second-order valence-corrected chi connectivity index (χ2v) is 5.16. The first kappa shape index (κ1) is 14.7. The van der Waals surface area contributed by atoms with Gasteiger partial charge in [0.1, 0.15) is 0 Å². The Kier molecular flexibility index (Phi) is 5.30. The van der Waals surface area contributed by atoms with Crippen molar-refractivity contribution in [1.29, 1.82) is 0 Å². The average molecular weight is 272 g/mol. The number of hydrogen-bond acceptors (Lipinski definition) is 3. The van der Waals surface area contributed by atoms with Crippen molar-refractivity contribution in [2.24, 2.45) is 0 Å². The summed E-state index contributed by atoms with van der Waals surface area (Å²) in [5.41, 5.74) is 3.61. The van der Waals surface area contributed by atoms with E-state index in [1.54, 1.807) is 0 Å². The molecule has 1 atom stereocenters. The molecule has 0 radical (unpaired) electrons. The van der Waals surface area contributed by atoms with Crippen LogP contribution in [0.25, 0.3) is 0 Å². The molecule has 4 nitrogen and oxygen atoms in total. The van der Waals surface area contributed by atoms with Crippen LogP contribution in [0.4, 0.5) is 0 Å². The zero-order chi connectivity index (χ0) is 14.4. The monoisotopic (exact) mass is 272 g/mol. The lowest BCUT2D eigenvalue weighted by atomic mass is 10.0. The smallest absolute Gasteiger partial charge is 0.0763 e. The van der Waals surface area contributed by atoms with Crippen LogP contribution < -0.4 is 5.32 Å². The van der Waals surface area contributed by atoms with Crippen LogP contribution in [0, 0.1) is 6.92 Å². The minimum Gasteiger partial charge on any atom is -0.305 e. The van der Waals surface area contributed by atoms with Crippen molar-refractivity contribution in [3.8, 4) is 0 Å². The maximum Gasteiger partial charge on any atom is 0.0763 e. The van der Waals surface area contributed by atoms with E-state index < -0.39 is 0 Å². The summed E-state index contributed by atoms with van der Waals surface area (Å²) < 4.78 is 2.09. The van der Waals surface area contributed by atoms with Gasteiger partial charge < -0.3 is 5.32 Å². The molecule has 0 bridgehead atoms. The van der Waals surface area contributed by atoms with Gasteiger partial charge >= 0.3 is 0 Å². The first-order valence-electron chi connectivity index (χ1n) is 7.42. The summed E-state index contributed by atoms with van der Waals surface area (Å²) >= 11 is 0. The number of nitrogens with one attached hydrogen (secondary N) is 1. The van der Waals surface area contributed by atoms with E-state index >= 15 is 0 Å². The lowest BCUT2D eigenvalue weighted by Gasteiger charge is -2.20. The van der Waals surface area contributed by atoms with Crippen molar-refractivity contribution in [1.82, 2.24) is 20.1 Å². The molecule has 2 rings (SSSR count). The molecule has 108 valence electrons.